The maximum absolute atomic E-state index is 12.8. The topological polar surface area (TPSA) is 42.3 Å². The zero-order valence-electron chi connectivity index (χ0n) is 12.6. The molecule has 0 spiro atoms. The molecule has 0 radical (unpaired) electrons. The Morgan fingerprint density at radius 1 is 1.27 bits per heavy atom. The summed E-state index contributed by atoms with van der Waals surface area (Å²) in [6, 6.07) is 6.92. The molecule has 0 fully saturated rings. The molecule has 22 heavy (non-hydrogen) atoms. The fourth-order valence-corrected chi connectivity index (χ4v) is 3.04. The summed E-state index contributed by atoms with van der Waals surface area (Å²) >= 11 is 6.22. The molecular formula is C17H17ClN2O2. The molecule has 0 bridgehead atoms. The Morgan fingerprint density at radius 3 is 2.77 bits per heavy atom. The van der Waals surface area contributed by atoms with Gasteiger partial charge in [-0.05, 0) is 43.0 Å². The van der Waals surface area contributed by atoms with Gasteiger partial charge in [-0.15, -0.1) is 0 Å². The molecule has 0 aliphatic carbocycles. The fourth-order valence-electron chi connectivity index (χ4n) is 2.89. The van der Waals surface area contributed by atoms with Crippen LogP contribution in [0.15, 0.2) is 35.3 Å². The molecular weight excluding hydrogens is 300 g/mol. The summed E-state index contributed by atoms with van der Waals surface area (Å²) in [5.41, 5.74) is 3.16. The van der Waals surface area contributed by atoms with Gasteiger partial charge in [-0.3, -0.25) is 9.59 Å². The van der Waals surface area contributed by atoms with Crippen LogP contribution in [0, 0.1) is 6.92 Å². The second-order valence-electron chi connectivity index (χ2n) is 5.61. The molecule has 0 saturated carbocycles. The second-order valence-corrected chi connectivity index (χ2v) is 6.01. The number of hydrogen-bond acceptors (Lipinski definition) is 2. The lowest BCUT2D eigenvalue weighted by Gasteiger charge is -2.31. The molecule has 1 aliphatic rings. The van der Waals surface area contributed by atoms with Crippen LogP contribution < -0.4 is 10.5 Å². The van der Waals surface area contributed by atoms with E-state index in [0.29, 0.717) is 17.1 Å². The number of hydrogen-bond donors (Lipinski definition) is 0. The zero-order valence-corrected chi connectivity index (χ0v) is 13.4. The maximum Gasteiger partial charge on any atom is 0.258 e. The van der Waals surface area contributed by atoms with E-state index in [1.807, 2.05) is 19.1 Å². The van der Waals surface area contributed by atoms with Gasteiger partial charge in [0.2, 0.25) is 0 Å². The summed E-state index contributed by atoms with van der Waals surface area (Å²) in [7, 11) is 1.66. The van der Waals surface area contributed by atoms with Crippen molar-refractivity contribution in [1.82, 2.24) is 4.57 Å². The summed E-state index contributed by atoms with van der Waals surface area (Å²) in [4.78, 5) is 26.3. The predicted molar refractivity (Wildman–Crippen MR) is 87.9 cm³/mol. The Bertz CT molecular complexity index is 811. The number of fused-ring (bicyclic) bond motifs is 1. The standard InChI is InChI=1S/C17H17ClN2O2/c1-11-14(18)6-5-12-4-3-8-20(16(11)12)17(22)13-7-9-19(2)15(21)10-13/h5-7,9-10H,3-4,8H2,1-2H3. The summed E-state index contributed by atoms with van der Waals surface area (Å²) < 4.78 is 1.45. The predicted octanol–water partition coefficient (Wildman–Crippen LogP) is 2.94. The van der Waals surface area contributed by atoms with Crippen LogP contribution >= 0.6 is 11.6 Å². The Morgan fingerprint density at radius 2 is 2.05 bits per heavy atom. The molecule has 0 saturated heterocycles. The highest BCUT2D eigenvalue weighted by molar-refractivity contribution is 6.32. The van der Waals surface area contributed by atoms with E-state index in [2.05, 4.69) is 0 Å². The van der Waals surface area contributed by atoms with Crippen molar-refractivity contribution < 1.29 is 4.79 Å². The number of pyridine rings is 1. The van der Waals surface area contributed by atoms with E-state index in [9.17, 15) is 9.59 Å². The number of nitrogens with zero attached hydrogens (tertiary/aromatic N) is 2. The molecule has 0 N–H and O–H groups in total. The number of aromatic nitrogens is 1. The van der Waals surface area contributed by atoms with Crippen LogP contribution in [0.25, 0.3) is 0 Å². The van der Waals surface area contributed by atoms with Crippen molar-refractivity contribution in [3.63, 3.8) is 0 Å². The molecule has 1 aromatic heterocycles. The van der Waals surface area contributed by atoms with E-state index in [1.54, 1.807) is 24.2 Å². The van der Waals surface area contributed by atoms with E-state index >= 15 is 0 Å². The van der Waals surface area contributed by atoms with Crippen LogP contribution in [0.3, 0.4) is 0 Å². The van der Waals surface area contributed by atoms with Gasteiger partial charge in [0.25, 0.3) is 11.5 Å². The number of aryl methyl sites for hydroxylation is 2. The van der Waals surface area contributed by atoms with E-state index in [-0.39, 0.29) is 11.5 Å². The third kappa shape index (κ3) is 2.44. The highest BCUT2D eigenvalue weighted by Crippen LogP contribution is 2.35. The largest absolute Gasteiger partial charge is 0.319 e. The number of halogens is 1. The minimum atomic E-state index is -0.189. The summed E-state index contributed by atoms with van der Waals surface area (Å²) in [5, 5.41) is 0.655. The van der Waals surface area contributed by atoms with Crippen LogP contribution in [-0.4, -0.2) is 17.0 Å². The number of carbonyl (C=O) groups excluding carboxylic acids is 1. The van der Waals surface area contributed by atoms with Gasteiger partial charge in [0.1, 0.15) is 0 Å². The SMILES string of the molecule is Cc1c(Cl)ccc2c1N(C(=O)c1ccn(C)c(=O)c1)CCC2. The first kappa shape index (κ1) is 14.9. The van der Waals surface area contributed by atoms with Crippen molar-refractivity contribution in [2.75, 3.05) is 11.4 Å². The third-order valence-corrected chi connectivity index (χ3v) is 4.55. The van der Waals surface area contributed by atoms with Crippen molar-refractivity contribution in [3.05, 3.63) is 62.5 Å². The lowest BCUT2D eigenvalue weighted by atomic mass is 9.97. The molecule has 2 heterocycles. The molecule has 1 aliphatic heterocycles. The summed E-state index contributed by atoms with van der Waals surface area (Å²) in [5.74, 6) is -0.149. The number of rotatable bonds is 1. The van der Waals surface area contributed by atoms with E-state index in [4.69, 9.17) is 11.6 Å². The van der Waals surface area contributed by atoms with Crippen molar-refractivity contribution in [1.29, 1.82) is 0 Å². The van der Waals surface area contributed by atoms with Gasteiger partial charge in [-0.1, -0.05) is 17.7 Å². The Labute approximate surface area is 133 Å². The molecule has 1 aromatic carbocycles. The lowest BCUT2D eigenvalue weighted by Crippen LogP contribution is -2.36. The Hall–Kier alpha value is -2.07. The van der Waals surface area contributed by atoms with E-state index in [0.717, 1.165) is 29.7 Å². The molecule has 3 rings (SSSR count). The molecule has 0 atom stereocenters. The van der Waals surface area contributed by atoms with Gasteiger partial charge in [0, 0.05) is 36.4 Å². The molecule has 0 unspecified atom stereocenters. The zero-order chi connectivity index (χ0) is 15.9. The quantitative estimate of drug-likeness (QED) is 0.812. The first-order valence-corrected chi connectivity index (χ1v) is 7.63. The number of anilines is 1. The molecule has 1 amide bonds. The van der Waals surface area contributed by atoms with Crippen LogP contribution in [-0.2, 0) is 13.5 Å². The Kier molecular flexibility index (Phi) is 3.79. The van der Waals surface area contributed by atoms with Crippen LogP contribution in [0.2, 0.25) is 5.02 Å². The average Bonchev–Trinajstić information content (AvgIpc) is 2.52. The van der Waals surface area contributed by atoms with E-state index in [1.165, 1.54) is 10.6 Å². The van der Waals surface area contributed by atoms with Crippen LogP contribution in [0.1, 0.15) is 27.9 Å². The first-order chi connectivity index (χ1) is 10.5. The molecule has 5 heteroatoms. The van der Waals surface area contributed by atoms with Gasteiger partial charge in [0.05, 0.1) is 5.69 Å². The van der Waals surface area contributed by atoms with Crippen molar-refractivity contribution in [3.8, 4) is 0 Å². The average molecular weight is 317 g/mol. The monoisotopic (exact) mass is 316 g/mol. The number of benzene rings is 1. The summed E-state index contributed by atoms with van der Waals surface area (Å²) in [6.07, 6.45) is 3.46. The van der Waals surface area contributed by atoms with E-state index < -0.39 is 0 Å². The number of carbonyl (C=O) groups is 1. The molecule has 2 aromatic rings. The first-order valence-electron chi connectivity index (χ1n) is 7.25. The second kappa shape index (κ2) is 5.61. The highest BCUT2D eigenvalue weighted by Gasteiger charge is 2.26. The third-order valence-electron chi connectivity index (χ3n) is 4.14. The van der Waals surface area contributed by atoms with Crippen LogP contribution in [0.4, 0.5) is 5.69 Å². The highest BCUT2D eigenvalue weighted by atomic mass is 35.5. The van der Waals surface area contributed by atoms with Gasteiger partial charge < -0.3 is 9.47 Å². The van der Waals surface area contributed by atoms with Gasteiger partial charge >= 0.3 is 0 Å². The van der Waals surface area contributed by atoms with Crippen LogP contribution in [0.5, 0.6) is 0 Å². The lowest BCUT2D eigenvalue weighted by molar-refractivity contribution is 0.0984. The number of amides is 1. The minimum absolute atomic E-state index is 0.149. The van der Waals surface area contributed by atoms with Crippen molar-refractivity contribution >= 4 is 23.2 Å². The summed E-state index contributed by atoms with van der Waals surface area (Å²) in [6.45, 7) is 2.57. The van der Waals surface area contributed by atoms with Crippen molar-refractivity contribution in [2.24, 2.45) is 7.05 Å². The normalized spacial score (nSPS) is 13.9. The van der Waals surface area contributed by atoms with Gasteiger partial charge in [-0.25, -0.2) is 0 Å². The maximum atomic E-state index is 12.8. The fraction of sp³-hybridized carbons (Fsp3) is 0.294. The van der Waals surface area contributed by atoms with Crippen molar-refractivity contribution in [2.45, 2.75) is 19.8 Å². The van der Waals surface area contributed by atoms with Gasteiger partial charge in [0.15, 0.2) is 0 Å². The smallest absolute Gasteiger partial charge is 0.258 e. The minimum Gasteiger partial charge on any atom is -0.319 e. The Balaban J connectivity index is 2.07. The molecule has 4 nitrogen and oxygen atoms in total. The van der Waals surface area contributed by atoms with Gasteiger partial charge in [-0.2, -0.15) is 0 Å². The molecule has 114 valence electrons.